The van der Waals surface area contributed by atoms with Crippen molar-refractivity contribution >= 4 is 35.0 Å². The van der Waals surface area contributed by atoms with E-state index in [1.165, 1.54) is 64.2 Å². The zero-order chi connectivity index (χ0) is 16.5. The minimum atomic E-state index is -1.14. The molecule has 5 heteroatoms. The third-order valence-electron chi connectivity index (χ3n) is 3.60. The molecule has 0 atom stereocenters. The van der Waals surface area contributed by atoms with E-state index in [-0.39, 0.29) is 23.1 Å². The Morgan fingerprint density at radius 2 is 1.22 bits per heavy atom. The maximum atomic E-state index is 11.1. The Balaban J connectivity index is 0. The number of hydrogen-bond donors (Lipinski definition) is 1. The summed E-state index contributed by atoms with van der Waals surface area (Å²) in [6.45, 7) is 2.62. The van der Waals surface area contributed by atoms with Gasteiger partial charge in [0, 0.05) is 12.2 Å². The summed E-state index contributed by atoms with van der Waals surface area (Å²) in [5.74, 6) is -1.72. The van der Waals surface area contributed by atoms with Crippen molar-refractivity contribution in [1.82, 2.24) is 0 Å². The maximum absolute atomic E-state index is 11.1. The van der Waals surface area contributed by atoms with Gasteiger partial charge in [0.25, 0.3) is 0 Å². The molecule has 132 valence electrons. The maximum Gasteiger partial charge on any atom is 0.331 e. The van der Waals surface area contributed by atoms with E-state index >= 15 is 0 Å². The predicted molar refractivity (Wildman–Crippen MR) is 97.4 cm³/mol. The Hall–Kier alpha value is -0.554. The monoisotopic (exact) mass is 338 g/mol. The van der Waals surface area contributed by atoms with Crippen molar-refractivity contribution in [1.29, 1.82) is 0 Å². The van der Waals surface area contributed by atoms with E-state index in [1.807, 2.05) is 0 Å². The number of esters is 1. The number of carboxylic acids is 1. The van der Waals surface area contributed by atoms with E-state index in [0.717, 1.165) is 25.0 Å². The van der Waals surface area contributed by atoms with E-state index in [9.17, 15) is 9.59 Å². The molecule has 0 amide bonds. The molecule has 0 aliphatic rings. The summed E-state index contributed by atoms with van der Waals surface area (Å²) in [4.78, 5) is 21.3. The van der Waals surface area contributed by atoms with Crippen molar-refractivity contribution < 1.29 is 19.4 Å². The van der Waals surface area contributed by atoms with Crippen molar-refractivity contribution in [3.8, 4) is 0 Å². The quantitative estimate of drug-likeness (QED) is 0.212. The van der Waals surface area contributed by atoms with Crippen molar-refractivity contribution in [2.24, 2.45) is 0 Å². The largest absolute Gasteiger partial charge is 0.478 e. The van der Waals surface area contributed by atoms with Gasteiger partial charge in [-0.05, 0) is 6.42 Å². The number of hydrogen-bond acceptors (Lipinski definition) is 3. The third kappa shape index (κ3) is 21.4. The lowest BCUT2D eigenvalue weighted by atomic mass is 10.1. The lowest BCUT2D eigenvalue weighted by Crippen LogP contribution is -2.03. The number of carboxylic acid groups (broad SMARTS) is 1. The Bertz CT molecular complexity index is 316. The van der Waals surface area contributed by atoms with Crippen LogP contribution in [0.5, 0.6) is 0 Å². The van der Waals surface area contributed by atoms with Crippen molar-refractivity contribution in [3.05, 3.63) is 12.2 Å². The van der Waals surface area contributed by atoms with E-state index in [1.54, 1.807) is 0 Å². The van der Waals surface area contributed by atoms with Gasteiger partial charge in [-0.15, -0.1) is 0 Å². The third-order valence-corrected chi connectivity index (χ3v) is 3.60. The van der Waals surface area contributed by atoms with Crippen LogP contribution in [-0.2, 0) is 14.3 Å². The van der Waals surface area contributed by atoms with Gasteiger partial charge >= 0.3 is 35.0 Å². The number of unbranched alkanes of at least 4 members (excludes halogenated alkanes) is 11. The first-order valence-electron chi connectivity index (χ1n) is 8.74. The van der Waals surface area contributed by atoms with Gasteiger partial charge in [0.1, 0.15) is 0 Å². The molecule has 4 nitrogen and oxygen atoms in total. The van der Waals surface area contributed by atoms with Gasteiger partial charge in [0.2, 0.25) is 0 Å². The van der Waals surface area contributed by atoms with Crippen LogP contribution in [0.1, 0.15) is 84.0 Å². The van der Waals surface area contributed by atoms with Crippen LogP contribution < -0.4 is 0 Å². The average Bonchev–Trinajstić information content (AvgIpc) is 2.49. The summed E-state index contributed by atoms with van der Waals surface area (Å²) < 4.78 is 4.90. The summed E-state index contributed by atoms with van der Waals surface area (Å²) in [5.41, 5.74) is 0. The fourth-order valence-corrected chi connectivity index (χ4v) is 2.30. The highest BCUT2D eigenvalue weighted by atomic mass is 24.3. The van der Waals surface area contributed by atoms with Crippen molar-refractivity contribution in [3.63, 3.8) is 0 Å². The van der Waals surface area contributed by atoms with E-state index in [0.29, 0.717) is 6.61 Å². The lowest BCUT2D eigenvalue weighted by Gasteiger charge is -2.03. The highest BCUT2D eigenvalue weighted by molar-refractivity contribution is 5.90. The van der Waals surface area contributed by atoms with Gasteiger partial charge in [-0.25, -0.2) is 9.59 Å². The van der Waals surface area contributed by atoms with Crippen LogP contribution in [0.2, 0.25) is 0 Å². The van der Waals surface area contributed by atoms with Crippen LogP contribution in [0.15, 0.2) is 12.2 Å². The molecule has 0 bridgehead atoms. The normalized spacial score (nSPS) is 10.5. The molecular formula is C18H34MgO4. The van der Waals surface area contributed by atoms with Crippen LogP contribution in [0.4, 0.5) is 0 Å². The summed E-state index contributed by atoms with van der Waals surface area (Å²) >= 11 is 0. The molecule has 0 radical (unpaired) electrons. The molecule has 23 heavy (non-hydrogen) atoms. The highest BCUT2D eigenvalue weighted by Crippen LogP contribution is 2.11. The molecular weight excluding hydrogens is 304 g/mol. The first-order chi connectivity index (χ1) is 10.7. The van der Waals surface area contributed by atoms with E-state index in [4.69, 9.17) is 9.84 Å². The SMILES string of the molecule is CCCCCCCCCCCCCCOC(=O)/C=C\C(=O)O.[MgH2]. The molecule has 0 aliphatic carbocycles. The van der Waals surface area contributed by atoms with Crippen LogP contribution >= 0.6 is 0 Å². The fraction of sp³-hybridized carbons (Fsp3) is 0.778. The van der Waals surface area contributed by atoms with Gasteiger partial charge in [-0.3, -0.25) is 0 Å². The minimum Gasteiger partial charge on any atom is -0.478 e. The number of carbonyl (C=O) groups is 2. The summed E-state index contributed by atoms with van der Waals surface area (Å²) in [7, 11) is 0. The van der Waals surface area contributed by atoms with Gasteiger partial charge in [0.05, 0.1) is 6.61 Å². The first-order valence-corrected chi connectivity index (χ1v) is 8.74. The predicted octanol–water partition coefficient (Wildman–Crippen LogP) is 3.96. The molecule has 0 unspecified atom stereocenters. The first kappa shape index (κ1) is 24.7. The Morgan fingerprint density at radius 1 is 0.783 bits per heavy atom. The molecule has 0 aliphatic heterocycles. The van der Waals surface area contributed by atoms with E-state index < -0.39 is 11.9 Å². The molecule has 1 N–H and O–H groups in total. The van der Waals surface area contributed by atoms with Gasteiger partial charge in [-0.2, -0.15) is 0 Å². The second-order valence-corrected chi connectivity index (χ2v) is 5.73. The molecule has 0 heterocycles. The van der Waals surface area contributed by atoms with Gasteiger partial charge in [-0.1, -0.05) is 77.6 Å². The number of carbonyl (C=O) groups excluding carboxylic acids is 1. The smallest absolute Gasteiger partial charge is 0.331 e. The Morgan fingerprint density at radius 3 is 1.65 bits per heavy atom. The van der Waals surface area contributed by atoms with Crippen LogP contribution in [0, 0.1) is 0 Å². The van der Waals surface area contributed by atoms with Crippen molar-refractivity contribution in [2.45, 2.75) is 84.0 Å². The zero-order valence-electron chi connectivity index (χ0n) is 14.0. The van der Waals surface area contributed by atoms with Gasteiger partial charge < -0.3 is 9.84 Å². The van der Waals surface area contributed by atoms with Crippen LogP contribution in [-0.4, -0.2) is 46.7 Å². The molecule has 0 fully saturated rings. The summed E-state index contributed by atoms with van der Waals surface area (Å²) in [6.07, 6.45) is 16.9. The standard InChI is InChI=1S/C18H32O4.Mg.2H/c1-2-3-4-5-6-7-8-9-10-11-12-13-16-22-18(21)15-14-17(19)20;;;/h14-15H,2-13,16H2,1H3,(H,19,20);;;/b15-14-;;;. The lowest BCUT2D eigenvalue weighted by molar-refractivity contribution is -0.138. The Kier molecular flexibility index (Phi) is 20.9. The van der Waals surface area contributed by atoms with E-state index in [2.05, 4.69) is 6.92 Å². The molecule has 0 aromatic heterocycles. The van der Waals surface area contributed by atoms with Crippen LogP contribution in [0.3, 0.4) is 0 Å². The number of aliphatic carboxylic acids is 1. The summed E-state index contributed by atoms with van der Waals surface area (Å²) in [6, 6.07) is 0. The molecule has 0 rings (SSSR count). The molecule has 0 aromatic carbocycles. The molecule has 0 aromatic rings. The van der Waals surface area contributed by atoms with Gasteiger partial charge in [0.15, 0.2) is 0 Å². The highest BCUT2D eigenvalue weighted by Gasteiger charge is 1.98. The van der Waals surface area contributed by atoms with Crippen LogP contribution in [0.25, 0.3) is 0 Å². The number of ether oxygens (including phenoxy) is 1. The number of rotatable bonds is 15. The fourth-order valence-electron chi connectivity index (χ4n) is 2.30. The zero-order valence-corrected chi connectivity index (χ0v) is 14.0. The molecule has 0 saturated carbocycles. The second-order valence-electron chi connectivity index (χ2n) is 5.73. The van der Waals surface area contributed by atoms with Crippen molar-refractivity contribution in [2.75, 3.05) is 6.61 Å². The Labute approximate surface area is 157 Å². The summed E-state index contributed by atoms with van der Waals surface area (Å²) in [5, 5.41) is 8.35. The molecule has 0 saturated heterocycles. The molecule has 0 spiro atoms. The topological polar surface area (TPSA) is 63.6 Å². The average molecular weight is 339 g/mol. The second kappa shape index (κ2) is 19.5. The minimum absolute atomic E-state index is 0.